The van der Waals surface area contributed by atoms with Crippen LogP contribution in [0, 0.1) is 4.91 Å². The van der Waals surface area contributed by atoms with Crippen molar-refractivity contribution in [2.24, 2.45) is 5.29 Å². The van der Waals surface area contributed by atoms with Gasteiger partial charge in [-0.15, -0.1) is 4.91 Å². The second-order valence-corrected chi connectivity index (χ2v) is 3.68. The molecule has 1 N–H and O–H groups in total. The Morgan fingerprint density at radius 3 is 2.81 bits per heavy atom. The van der Waals surface area contributed by atoms with E-state index in [4.69, 9.17) is 16.7 Å². The summed E-state index contributed by atoms with van der Waals surface area (Å²) in [4.78, 5) is 20.8. The summed E-state index contributed by atoms with van der Waals surface area (Å²) in [6.07, 6.45) is -0.119. The second-order valence-electron chi connectivity index (χ2n) is 3.24. The Bertz CT molecular complexity index is 384. The normalized spacial score (nSPS) is 9.81. The van der Waals surface area contributed by atoms with Crippen molar-refractivity contribution in [2.45, 2.75) is 13.0 Å². The molecule has 0 saturated carbocycles. The highest BCUT2D eigenvalue weighted by atomic mass is 35.5. The van der Waals surface area contributed by atoms with Crippen LogP contribution in [0.2, 0.25) is 5.02 Å². The predicted molar refractivity (Wildman–Crippen MR) is 59.9 cm³/mol. The van der Waals surface area contributed by atoms with Gasteiger partial charge in [-0.1, -0.05) is 23.7 Å². The van der Waals surface area contributed by atoms with Crippen LogP contribution in [0.5, 0.6) is 0 Å². The van der Waals surface area contributed by atoms with Gasteiger partial charge in [0.05, 0.1) is 24.8 Å². The quantitative estimate of drug-likeness (QED) is 0.614. The molecule has 0 aromatic heterocycles. The summed E-state index contributed by atoms with van der Waals surface area (Å²) in [7, 11) is 0. The fourth-order valence-corrected chi connectivity index (χ4v) is 1.43. The number of hydrogen-bond donors (Lipinski definition) is 1. The van der Waals surface area contributed by atoms with Gasteiger partial charge < -0.3 is 5.11 Å². The van der Waals surface area contributed by atoms with Crippen molar-refractivity contribution in [2.75, 3.05) is 6.54 Å². The fraction of sp³-hybridized carbons (Fsp3) is 0.300. The Hall–Kier alpha value is -1.62. The van der Waals surface area contributed by atoms with Gasteiger partial charge in [0.1, 0.15) is 0 Å². The lowest BCUT2D eigenvalue weighted by molar-refractivity contribution is -0.137. The maximum Gasteiger partial charge on any atom is 0.305 e. The fourth-order valence-electron chi connectivity index (χ4n) is 1.22. The monoisotopic (exact) mass is 242 g/mol. The third kappa shape index (κ3) is 4.27. The third-order valence-electron chi connectivity index (χ3n) is 1.95. The van der Waals surface area contributed by atoms with Gasteiger partial charge in [-0.05, 0) is 17.7 Å². The molecule has 0 heterocycles. The highest BCUT2D eigenvalue weighted by molar-refractivity contribution is 6.30. The van der Waals surface area contributed by atoms with E-state index >= 15 is 0 Å². The number of hydrogen-bond acceptors (Lipinski definition) is 3. The maximum absolute atomic E-state index is 10.5. The number of carboxylic acid groups (broad SMARTS) is 1. The van der Waals surface area contributed by atoms with Crippen LogP contribution in [0.4, 0.5) is 0 Å². The third-order valence-corrected chi connectivity index (χ3v) is 2.19. The first-order chi connectivity index (χ1) is 7.61. The number of aliphatic carboxylic acids is 1. The molecule has 0 aliphatic rings. The van der Waals surface area contributed by atoms with Crippen LogP contribution in [0.3, 0.4) is 0 Å². The number of carbonyl (C=O) groups is 1. The number of halogens is 1. The predicted octanol–water partition coefficient (Wildman–Crippen LogP) is 2.30. The number of carboxylic acids is 1. The molecule has 0 aliphatic heterocycles. The van der Waals surface area contributed by atoms with Crippen LogP contribution < -0.4 is 0 Å². The molecule has 0 atom stereocenters. The molecule has 86 valence electrons. The molecule has 0 fully saturated rings. The molecule has 1 aromatic rings. The van der Waals surface area contributed by atoms with Crippen LogP contribution in [-0.4, -0.2) is 22.6 Å². The highest BCUT2D eigenvalue weighted by Gasteiger charge is 2.07. The van der Waals surface area contributed by atoms with E-state index in [1.54, 1.807) is 24.3 Å². The van der Waals surface area contributed by atoms with E-state index in [1.165, 1.54) is 0 Å². The topological polar surface area (TPSA) is 70.0 Å². The van der Waals surface area contributed by atoms with Crippen molar-refractivity contribution in [1.82, 2.24) is 5.01 Å². The Kier molecular flexibility index (Phi) is 4.72. The molecule has 1 aromatic carbocycles. The zero-order valence-corrected chi connectivity index (χ0v) is 9.22. The lowest BCUT2D eigenvalue weighted by atomic mass is 10.2. The van der Waals surface area contributed by atoms with E-state index in [1.807, 2.05) is 0 Å². The van der Waals surface area contributed by atoms with Gasteiger partial charge in [0, 0.05) is 5.02 Å². The molecule has 6 heteroatoms. The number of nitroso groups, excluding NO2 is 1. The van der Waals surface area contributed by atoms with Crippen LogP contribution in [-0.2, 0) is 11.3 Å². The van der Waals surface area contributed by atoms with Gasteiger partial charge in [0.15, 0.2) is 0 Å². The van der Waals surface area contributed by atoms with Gasteiger partial charge in [-0.25, -0.2) is 0 Å². The molecule has 0 amide bonds. The Labute approximate surface area is 97.6 Å². The molecule has 1 rings (SSSR count). The van der Waals surface area contributed by atoms with E-state index in [2.05, 4.69) is 5.29 Å². The molecule has 0 aliphatic carbocycles. The molecule has 0 spiro atoms. The number of benzene rings is 1. The minimum atomic E-state index is -0.959. The summed E-state index contributed by atoms with van der Waals surface area (Å²) in [5.41, 5.74) is 0.817. The number of rotatable bonds is 6. The van der Waals surface area contributed by atoms with Crippen molar-refractivity contribution >= 4 is 17.6 Å². The van der Waals surface area contributed by atoms with Crippen LogP contribution >= 0.6 is 11.6 Å². The van der Waals surface area contributed by atoms with Crippen molar-refractivity contribution in [3.63, 3.8) is 0 Å². The van der Waals surface area contributed by atoms with Gasteiger partial charge in [0.25, 0.3) is 0 Å². The second kappa shape index (κ2) is 6.07. The average molecular weight is 243 g/mol. The highest BCUT2D eigenvalue weighted by Crippen LogP contribution is 2.12. The SMILES string of the molecule is O=NN(CCC(=O)O)Cc1cccc(Cl)c1. The van der Waals surface area contributed by atoms with Crippen molar-refractivity contribution in [3.8, 4) is 0 Å². The molecule has 0 unspecified atom stereocenters. The van der Waals surface area contributed by atoms with E-state index in [-0.39, 0.29) is 19.5 Å². The lowest BCUT2D eigenvalue weighted by Crippen LogP contribution is -2.19. The van der Waals surface area contributed by atoms with Crippen molar-refractivity contribution in [1.29, 1.82) is 0 Å². The van der Waals surface area contributed by atoms with Crippen LogP contribution in [0.1, 0.15) is 12.0 Å². The summed E-state index contributed by atoms with van der Waals surface area (Å²) >= 11 is 5.78. The van der Waals surface area contributed by atoms with E-state index < -0.39 is 5.97 Å². The van der Waals surface area contributed by atoms with Crippen LogP contribution in [0.15, 0.2) is 29.6 Å². The maximum atomic E-state index is 10.5. The standard InChI is InChI=1S/C10H11ClN2O3/c11-9-3-1-2-8(6-9)7-13(12-16)5-4-10(14)15/h1-3,6H,4-5,7H2,(H,14,15). The largest absolute Gasteiger partial charge is 0.481 e. The first-order valence-electron chi connectivity index (χ1n) is 4.66. The zero-order chi connectivity index (χ0) is 12.0. The first-order valence-corrected chi connectivity index (χ1v) is 5.04. The summed E-state index contributed by atoms with van der Waals surface area (Å²) < 4.78 is 0. The van der Waals surface area contributed by atoms with E-state index in [0.717, 1.165) is 10.6 Å². The van der Waals surface area contributed by atoms with Crippen molar-refractivity contribution in [3.05, 3.63) is 39.8 Å². The van der Waals surface area contributed by atoms with E-state index in [9.17, 15) is 9.70 Å². The molecular formula is C10H11ClN2O3. The smallest absolute Gasteiger partial charge is 0.305 e. The van der Waals surface area contributed by atoms with E-state index in [0.29, 0.717) is 5.02 Å². The minimum Gasteiger partial charge on any atom is -0.481 e. The average Bonchev–Trinajstić information content (AvgIpc) is 2.24. The summed E-state index contributed by atoms with van der Waals surface area (Å²) in [5.74, 6) is -0.959. The minimum absolute atomic E-state index is 0.0886. The zero-order valence-electron chi connectivity index (χ0n) is 8.47. The molecule has 0 saturated heterocycles. The van der Waals surface area contributed by atoms with Gasteiger partial charge in [-0.2, -0.15) is 0 Å². The Morgan fingerprint density at radius 2 is 2.25 bits per heavy atom. The molecule has 16 heavy (non-hydrogen) atoms. The van der Waals surface area contributed by atoms with Crippen LogP contribution in [0.25, 0.3) is 0 Å². The van der Waals surface area contributed by atoms with Gasteiger partial charge in [-0.3, -0.25) is 9.80 Å². The van der Waals surface area contributed by atoms with Gasteiger partial charge >= 0.3 is 5.97 Å². The molecule has 5 nitrogen and oxygen atoms in total. The summed E-state index contributed by atoms with van der Waals surface area (Å²) in [6, 6.07) is 6.99. The summed E-state index contributed by atoms with van der Waals surface area (Å²) in [5, 5.41) is 13.0. The molecule has 0 radical (unpaired) electrons. The molecular weight excluding hydrogens is 232 g/mol. The Morgan fingerprint density at radius 1 is 1.50 bits per heavy atom. The first kappa shape index (κ1) is 12.4. The molecule has 0 bridgehead atoms. The lowest BCUT2D eigenvalue weighted by Gasteiger charge is -2.13. The summed E-state index contributed by atoms with van der Waals surface area (Å²) in [6.45, 7) is 0.350. The number of nitrogens with zero attached hydrogens (tertiary/aromatic N) is 2. The Balaban J connectivity index is 2.56. The van der Waals surface area contributed by atoms with Gasteiger partial charge in [0.2, 0.25) is 0 Å². The van der Waals surface area contributed by atoms with Crippen molar-refractivity contribution < 1.29 is 9.90 Å².